The van der Waals surface area contributed by atoms with E-state index >= 15 is 0 Å². The van der Waals surface area contributed by atoms with Gasteiger partial charge in [-0.1, -0.05) is 35.2 Å². The SMILES string of the molecule is CCOC1(C(NN)c2cc(Br)ccc2F)CCCCC1. The van der Waals surface area contributed by atoms with Gasteiger partial charge in [0.15, 0.2) is 0 Å². The molecule has 1 fully saturated rings. The van der Waals surface area contributed by atoms with Crippen molar-refractivity contribution in [1.29, 1.82) is 0 Å². The molecule has 0 bridgehead atoms. The molecule has 2 rings (SSSR count). The van der Waals surface area contributed by atoms with Gasteiger partial charge in [0.05, 0.1) is 11.6 Å². The number of rotatable bonds is 5. The minimum atomic E-state index is -0.413. The van der Waals surface area contributed by atoms with Gasteiger partial charge in [-0.15, -0.1) is 0 Å². The topological polar surface area (TPSA) is 47.3 Å². The summed E-state index contributed by atoms with van der Waals surface area (Å²) < 4.78 is 21.1. The fourth-order valence-corrected chi connectivity index (χ4v) is 3.59. The van der Waals surface area contributed by atoms with E-state index in [2.05, 4.69) is 21.4 Å². The van der Waals surface area contributed by atoms with E-state index in [4.69, 9.17) is 10.6 Å². The third-order valence-corrected chi connectivity index (χ3v) is 4.59. The van der Waals surface area contributed by atoms with Gasteiger partial charge in [-0.3, -0.25) is 5.84 Å². The summed E-state index contributed by atoms with van der Waals surface area (Å²) in [6.07, 6.45) is 5.19. The second-order valence-electron chi connectivity index (χ2n) is 5.32. The molecule has 3 nitrogen and oxygen atoms in total. The van der Waals surface area contributed by atoms with Gasteiger partial charge in [0, 0.05) is 16.6 Å². The number of nitrogens with two attached hydrogens (primary N) is 1. The molecule has 0 radical (unpaired) electrons. The zero-order valence-corrected chi connectivity index (χ0v) is 13.4. The van der Waals surface area contributed by atoms with E-state index < -0.39 is 5.60 Å². The molecule has 0 amide bonds. The largest absolute Gasteiger partial charge is 0.373 e. The van der Waals surface area contributed by atoms with E-state index in [-0.39, 0.29) is 11.9 Å². The second kappa shape index (κ2) is 6.98. The highest BCUT2D eigenvalue weighted by Crippen LogP contribution is 2.42. The predicted molar refractivity (Wildman–Crippen MR) is 81.6 cm³/mol. The lowest BCUT2D eigenvalue weighted by Gasteiger charge is -2.43. The highest BCUT2D eigenvalue weighted by Gasteiger charge is 2.42. The van der Waals surface area contributed by atoms with Crippen LogP contribution in [-0.4, -0.2) is 12.2 Å². The number of halogens is 2. The molecule has 1 unspecified atom stereocenters. The first-order chi connectivity index (χ1) is 9.63. The molecule has 1 aliphatic carbocycles. The van der Waals surface area contributed by atoms with Crippen LogP contribution >= 0.6 is 15.9 Å². The molecule has 20 heavy (non-hydrogen) atoms. The van der Waals surface area contributed by atoms with Crippen molar-refractivity contribution in [1.82, 2.24) is 5.43 Å². The number of hydrogen-bond donors (Lipinski definition) is 2. The summed E-state index contributed by atoms with van der Waals surface area (Å²) in [6, 6.07) is 4.61. The van der Waals surface area contributed by atoms with E-state index in [0.29, 0.717) is 12.2 Å². The van der Waals surface area contributed by atoms with Gasteiger partial charge in [-0.2, -0.15) is 0 Å². The summed E-state index contributed by atoms with van der Waals surface area (Å²) in [5.74, 6) is 5.51. The van der Waals surface area contributed by atoms with Crippen molar-refractivity contribution in [2.45, 2.75) is 50.7 Å². The van der Waals surface area contributed by atoms with Crippen molar-refractivity contribution in [2.24, 2.45) is 5.84 Å². The van der Waals surface area contributed by atoms with Crippen molar-refractivity contribution in [2.75, 3.05) is 6.61 Å². The summed E-state index contributed by atoms with van der Waals surface area (Å²) in [5, 5.41) is 0. The van der Waals surface area contributed by atoms with Gasteiger partial charge in [0.1, 0.15) is 5.82 Å². The lowest BCUT2D eigenvalue weighted by atomic mass is 9.76. The molecule has 0 saturated heterocycles. The maximum Gasteiger partial charge on any atom is 0.128 e. The zero-order valence-electron chi connectivity index (χ0n) is 11.8. The van der Waals surface area contributed by atoms with Crippen molar-refractivity contribution in [3.8, 4) is 0 Å². The Bertz CT molecular complexity index is 444. The van der Waals surface area contributed by atoms with Crippen LogP contribution in [0, 0.1) is 5.82 Å². The maximum atomic E-state index is 14.2. The molecule has 5 heteroatoms. The lowest BCUT2D eigenvalue weighted by molar-refractivity contribution is -0.0920. The Morgan fingerprint density at radius 3 is 2.70 bits per heavy atom. The summed E-state index contributed by atoms with van der Waals surface area (Å²) in [6.45, 7) is 2.58. The third kappa shape index (κ3) is 3.22. The lowest BCUT2D eigenvalue weighted by Crippen LogP contribution is -2.50. The molecule has 0 aromatic heterocycles. The Hall–Kier alpha value is -0.490. The smallest absolute Gasteiger partial charge is 0.128 e. The van der Waals surface area contributed by atoms with Gasteiger partial charge in [-0.05, 0) is 38.0 Å². The van der Waals surface area contributed by atoms with E-state index in [9.17, 15) is 4.39 Å². The first-order valence-electron chi connectivity index (χ1n) is 7.18. The Balaban J connectivity index is 2.39. The van der Waals surface area contributed by atoms with Gasteiger partial charge in [0.25, 0.3) is 0 Å². The number of ether oxygens (including phenoxy) is 1. The monoisotopic (exact) mass is 344 g/mol. The summed E-state index contributed by atoms with van der Waals surface area (Å²) >= 11 is 3.40. The third-order valence-electron chi connectivity index (χ3n) is 4.09. The Labute approximate surface area is 128 Å². The molecule has 1 aromatic carbocycles. The van der Waals surface area contributed by atoms with Gasteiger partial charge >= 0.3 is 0 Å². The summed E-state index contributed by atoms with van der Waals surface area (Å²) in [5.41, 5.74) is 2.95. The quantitative estimate of drug-likeness (QED) is 0.630. The molecular formula is C15H22BrFN2O. The van der Waals surface area contributed by atoms with Crippen LogP contribution < -0.4 is 11.3 Å². The highest BCUT2D eigenvalue weighted by molar-refractivity contribution is 9.10. The zero-order chi connectivity index (χ0) is 14.6. The van der Waals surface area contributed by atoms with Crippen LogP contribution in [0.15, 0.2) is 22.7 Å². The molecule has 112 valence electrons. The van der Waals surface area contributed by atoms with Gasteiger partial charge in [-0.25, -0.2) is 9.82 Å². The van der Waals surface area contributed by atoms with Crippen LogP contribution in [0.4, 0.5) is 4.39 Å². The van der Waals surface area contributed by atoms with Crippen molar-refractivity contribution in [3.63, 3.8) is 0 Å². The summed E-state index contributed by atoms with van der Waals surface area (Å²) in [4.78, 5) is 0. The van der Waals surface area contributed by atoms with E-state index in [1.165, 1.54) is 12.5 Å². The second-order valence-corrected chi connectivity index (χ2v) is 6.24. The van der Waals surface area contributed by atoms with E-state index in [1.807, 2.05) is 6.92 Å². The number of nitrogens with one attached hydrogen (secondary N) is 1. The average Bonchev–Trinajstić information content (AvgIpc) is 2.45. The average molecular weight is 345 g/mol. The molecule has 1 atom stereocenters. The fourth-order valence-electron chi connectivity index (χ4n) is 3.21. The molecule has 1 aromatic rings. The van der Waals surface area contributed by atoms with Crippen LogP contribution in [0.3, 0.4) is 0 Å². The molecule has 0 heterocycles. The van der Waals surface area contributed by atoms with E-state index in [1.54, 1.807) is 12.1 Å². The number of benzene rings is 1. The maximum absolute atomic E-state index is 14.2. The Kier molecular flexibility index (Phi) is 5.55. The highest BCUT2D eigenvalue weighted by atomic mass is 79.9. The number of hydrazine groups is 1. The van der Waals surface area contributed by atoms with Gasteiger partial charge in [0.2, 0.25) is 0 Å². The van der Waals surface area contributed by atoms with E-state index in [0.717, 1.165) is 30.2 Å². The molecule has 3 N–H and O–H groups in total. The molecular weight excluding hydrogens is 323 g/mol. The molecule has 0 spiro atoms. The molecule has 1 saturated carbocycles. The summed E-state index contributed by atoms with van der Waals surface area (Å²) in [7, 11) is 0. The van der Waals surface area contributed by atoms with Gasteiger partial charge < -0.3 is 4.74 Å². The van der Waals surface area contributed by atoms with Crippen LogP contribution in [0.25, 0.3) is 0 Å². The molecule has 1 aliphatic rings. The standard InChI is InChI=1S/C15H22BrFN2O/c1-2-20-15(8-4-3-5-9-15)14(19-18)12-10-11(16)6-7-13(12)17/h6-7,10,14,19H,2-5,8-9,18H2,1H3. The van der Waals surface area contributed by atoms with Crippen molar-refractivity contribution >= 4 is 15.9 Å². The predicted octanol–water partition coefficient (Wildman–Crippen LogP) is 3.83. The Morgan fingerprint density at radius 1 is 1.40 bits per heavy atom. The Morgan fingerprint density at radius 2 is 2.10 bits per heavy atom. The minimum Gasteiger partial charge on any atom is -0.373 e. The van der Waals surface area contributed by atoms with Crippen LogP contribution in [-0.2, 0) is 4.74 Å². The first-order valence-corrected chi connectivity index (χ1v) is 7.97. The minimum absolute atomic E-state index is 0.249. The fraction of sp³-hybridized carbons (Fsp3) is 0.600. The number of hydrogen-bond acceptors (Lipinski definition) is 3. The van der Waals surface area contributed by atoms with Crippen molar-refractivity contribution < 1.29 is 9.13 Å². The first kappa shape index (κ1) is 15.9. The van der Waals surface area contributed by atoms with Crippen LogP contribution in [0.1, 0.15) is 50.6 Å². The van der Waals surface area contributed by atoms with Crippen LogP contribution in [0.2, 0.25) is 0 Å². The van der Waals surface area contributed by atoms with Crippen molar-refractivity contribution in [3.05, 3.63) is 34.1 Å². The normalized spacial score (nSPS) is 19.8. The van der Waals surface area contributed by atoms with Crippen LogP contribution in [0.5, 0.6) is 0 Å². The molecule has 0 aliphatic heterocycles.